The third-order valence-electron chi connectivity index (χ3n) is 3.50. The second kappa shape index (κ2) is 8.15. The van der Waals surface area contributed by atoms with Crippen LogP contribution >= 0.6 is 0 Å². The van der Waals surface area contributed by atoms with Crippen LogP contribution < -0.4 is 14.8 Å². The van der Waals surface area contributed by atoms with Crippen LogP contribution in [0.1, 0.15) is 28.9 Å². The number of hydrogen-bond donors (Lipinski definition) is 1. The fourth-order valence-corrected chi connectivity index (χ4v) is 2.19. The molecule has 0 aliphatic carbocycles. The first-order valence-corrected chi connectivity index (χ1v) is 7.53. The second-order valence-corrected chi connectivity index (χ2v) is 5.21. The van der Waals surface area contributed by atoms with Gasteiger partial charge >= 0.3 is 0 Å². The molecule has 2 aromatic carbocycles. The zero-order valence-corrected chi connectivity index (χ0v) is 13.7. The van der Waals surface area contributed by atoms with Crippen molar-refractivity contribution in [3.05, 3.63) is 72.1 Å². The van der Waals surface area contributed by atoms with Gasteiger partial charge in [-0.15, -0.1) is 0 Å². The Labute approximate surface area is 140 Å². The van der Waals surface area contributed by atoms with Crippen molar-refractivity contribution in [2.75, 3.05) is 13.7 Å². The molecule has 0 aliphatic heterocycles. The van der Waals surface area contributed by atoms with Crippen molar-refractivity contribution in [1.82, 2.24) is 5.32 Å². The molecular weight excluding hydrogens is 309 g/mol. The highest BCUT2D eigenvalue weighted by Crippen LogP contribution is 2.28. The lowest BCUT2D eigenvalue weighted by atomic mass is 10.1. The van der Waals surface area contributed by atoms with Crippen molar-refractivity contribution in [3.8, 4) is 11.5 Å². The van der Waals surface area contributed by atoms with Crippen LogP contribution in [0.15, 0.2) is 55.1 Å². The van der Waals surface area contributed by atoms with Gasteiger partial charge in [0.2, 0.25) is 0 Å². The molecule has 0 fully saturated rings. The number of rotatable bonds is 7. The molecule has 0 saturated heterocycles. The highest BCUT2D eigenvalue weighted by molar-refractivity contribution is 5.95. The van der Waals surface area contributed by atoms with Crippen molar-refractivity contribution in [1.29, 1.82) is 0 Å². The van der Waals surface area contributed by atoms with Gasteiger partial charge in [-0.3, -0.25) is 4.79 Å². The Morgan fingerprint density at radius 3 is 2.58 bits per heavy atom. The summed E-state index contributed by atoms with van der Waals surface area (Å²) >= 11 is 0. The van der Waals surface area contributed by atoms with Crippen molar-refractivity contribution >= 4 is 5.91 Å². The SMILES string of the molecule is C=CCOc1ccc(C(=O)NC(C)c2ccc(F)cc2)cc1OC. The Kier molecular flexibility index (Phi) is 5.95. The lowest BCUT2D eigenvalue weighted by Gasteiger charge is -2.15. The van der Waals surface area contributed by atoms with Gasteiger partial charge in [-0.25, -0.2) is 4.39 Å². The molecule has 1 atom stereocenters. The minimum Gasteiger partial charge on any atom is -0.493 e. The van der Waals surface area contributed by atoms with Gasteiger partial charge in [-0.1, -0.05) is 24.8 Å². The van der Waals surface area contributed by atoms with Crippen LogP contribution in [-0.2, 0) is 0 Å². The van der Waals surface area contributed by atoms with E-state index in [2.05, 4.69) is 11.9 Å². The fourth-order valence-electron chi connectivity index (χ4n) is 2.19. The lowest BCUT2D eigenvalue weighted by molar-refractivity contribution is 0.0939. The molecule has 0 spiro atoms. The molecule has 2 rings (SSSR count). The van der Waals surface area contributed by atoms with Gasteiger partial charge in [-0.2, -0.15) is 0 Å². The maximum absolute atomic E-state index is 13.0. The molecule has 2 aromatic rings. The van der Waals surface area contributed by atoms with Crippen LogP contribution in [-0.4, -0.2) is 19.6 Å². The average molecular weight is 329 g/mol. The Morgan fingerprint density at radius 2 is 1.96 bits per heavy atom. The molecule has 0 saturated carbocycles. The van der Waals surface area contributed by atoms with Gasteiger partial charge in [0.15, 0.2) is 11.5 Å². The van der Waals surface area contributed by atoms with Gasteiger partial charge in [0.25, 0.3) is 5.91 Å². The van der Waals surface area contributed by atoms with E-state index in [9.17, 15) is 9.18 Å². The van der Waals surface area contributed by atoms with Crippen LogP contribution in [0, 0.1) is 5.82 Å². The summed E-state index contributed by atoms with van der Waals surface area (Å²) in [5.41, 5.74) is 1.27. The molecule has 0 aliphatic rings. The molecule has 4 nitrogen and oxygen atoms in total. The van der Waals surface area contributed by atoms with Gasteiger partial charge in [0, 0.05) is 5.56 Å². The molecule has 0 radical (unpaired) electrons. The monoisotopic (exact) mass is 329 g/mol. The van der Waals surface area contributed by atoms with Crippen LogP contribution in [0.3, 0.4) is 0 Å². The van der Waals surface area contributed by atoms with Gasteiger partial charge in [0.1, 0.15) is 12.4 Å². The minimum atomic E-state index is -0.308. The van der Waals surface area contributed by atoms with Gasteiger partial charge in [0.05, 0.1) is 13.2 Å². The van der Waals surface area contributed by atoms with E-state index in [-0.39, 0.29) is 17.8 Å². The quantitative estimate of drug-likeness (QED) is 0.784. The number of benzene rings is 2. The third-order valence-corrected chi connectivity index (χ3v) is 3.50. The van der Waals surface area contributed by atoms with Crippen molar-refractivity contribution in [2.45, 2.75) is 13.0 Å². The zero-order chi connectivity index (χ0) is 17.5. The number of methoxy groups -OCH3 is 1. The molecule has 1 amide bonds. The number of hydrogen-bond acceptors (Lipinski definition) is 3. The summed E-state index contributed by atoms with van der Waals surface area (Å²) in [4.78, 5) is 12.4. The van der Waals surface area contributed by atoms with E-state index in [1.807, 2.05) is 6.92 Å². The molecule has 126 valence electrons. The highest BCUT2D eigenvalue weighted by Gasteiger charge is 2.14. The summed E-state index contributed by atoms with van der Waals surface area (Å²) < 4.78 is 23.7. The topological polar surface area (TPSA) is 47.6 Å². The number of nitrogens with one attached hydrogen (secondary N) is 1. The van der Waals surface area contributed by atoms with Crippen molar-refractivity contribution < 1.29 is 18.7 Å². The molecule has 1 unspecified atom stereocenters. The summed E-state index contributed by atoms with van der Waals surface area (Å²) in [6, 6.07) is 10.7. The number of ether oxygens (including phenoxy) is 2. The van der Waals surface area contributed by atoms with Crippen LogP contribution in [0.2, 0.25) is 0 Å². The number of carbonyl (C=O) groups excluding carboxylic acids is 1. The summed E-state index contributed by atoms with van der Waals surface area (Å²) in [5, 5.41) is 2.87. The lowest BCUT2D eigenvalue weighted by Crippen LogP contribution is -2.26. The van der Waals surface area contributed by atoms with Gasteiger partial charge in [-0.05, 0) is 42.8 Å². The van der Waals surface area contributed by atoms with E-state index in [0.717, 1.165) is 5.56 Å². The van der Waals surface area contributed by atoms with Crippen molar-refractivity contribution in [2.24, 2.45) is 0 Å². The largest absolute Gasteiger partial charge is 0.493 e. The summed E-state index contributed by atoms with van der Waals surface area (Å²) in [5.74, 6) is 0.456. The first-order chi connectivity index (χ1) is 11.5. The van der Waals surface area contributed by atoms with Crippen LogP contribution in [0.4, 0.5) is 4.39 Å². The Hall–Kier alpha value is -2.82. The normalized spacial score (nSPS) is 11.5. The average Bonchev–Trinajstić information content (AvgIpc) is 2.60. The number of carbonyl (C=O) groups is 1. The minimum absolute atomic E-state index is 0.249. The first kappa shape index (κ1) is 17.5. The predicted octanol–water partition coefficient (Wildman–Crippen LogP) is 3.89. The Morgan fingerprint density at radius 1 is 1.25 bits per heavy atom. The fraction of sp³-hybridized carbons (Fsp3) is 0.211. The Balaban J connectivity index is 2.11. The molecule has 0 aromatic heterocycles. The maximum atomic E-state index is 13.0. The summed E-state index contributed by atoms with van der Waals surface area (Å²) in [6.07, 6.45) is 1.63. The zero-order valence-electron chi connectivity index (χ0n) is 13.7. The molecule has 1 N–H and O–H groups in total. The predicted molar refractivity (Wildman–Crippen MR) is 91.0 cm³/mol. The molecule has 0 heterocycles. The summed E-state index contributed by atoms with van der Waals surface area (Å²) in [7, 11) is 1.51. The Bertz CT molecular complexity index is 713. The maximum Gasteiger partial charge on any atom is 0.251 e. The van der Waals surface area contributed by atoms with Crippen LogP contribution in [0.25, 0.3) is 0 Å². The standard InChI is InChI=1S/C19H20FNO3/c1-4-11-24-17-10-7-15(12-18(17)23-3)19(22)21-13(2)14-5-8-16(20)9-6-14/h4-10,12-13H,1,11H2,2-3H3,(H,21,22). The van der Waals surface area contributed by atoms with E-state index >= 15 is 0 Å². The molecule has 24 heavy (non-hydrogen) atoms. The van der Waals surface area contributed by atoms with E-state index in [1.54, 1.807) is 36.4 Å². The first-order valence-electron chi connectivity index (χ1n) is 7.53. The number of amides is 1. The molecule has 5 heteroatoms. The third kappa shape index (κ3) is 4.35. The van der Waals surface area contributed by atoms with Gasteiger partial charge < -0.3 is 14.8 Å². The number of halogens is 1. The second-order valence-electron chi connectivity index (χ2n) is 5.21. The van der Waals surface area contributed by atoms with E-state index in [4.69, 9.17) is 9.47 Å². The summed E-state index contributed by atoms with van der Waals surface area (Å²) in [6.45, 7) is 5.78. The van der Waals surface area contributed by atoms with Crippen LogP contribution in [0.5, 0.6) is 11.5 Å². The molecule has 0 bridgehead atoms. The van der Waals surface area contributed by atoms with E-state index in [1.165, 1.54) is 19.2 Å². The highest BCUT2D eigenvalue weighted by atomic mass is 19.1. The smallest absolute Gasteiger partial charge is 0.251 e. The van der Waals surface area contributed by atoms with E-state index in [0.29, 0.717) is 23.7 Å². The van der Waals surface area contributed by atoms with Crippen molar-refractivity contribution in [3.63, 3.8) is 0 Å². The molecular formula is C19H20FNO3. The van der Waals surface area contributed by atoms with E-state index < -0.39 is 0 Å².